The van der Waals surface area contributed by atoms with Gasteiger partial charge in [0.15, 0.2) is 9.84 Å². The number of halogens is 1. The van der Waals surface area contributed by atoms with Gasteiger partial charge >= 0.3 is 0 Å². The van der Waals surface area contributed by atoms with Crippen LogP contribution in [0.25, 0.3) is 0 Å². The minimum atomic E-state index is -3.14. The Hall–Kier alpha value is -0.650. The van der Waals surface area contributed by atoms with Crippen molar-refractivity contribution in [1.82, 2.24) is 0 Å². The fourth-order valence-corrected chi connectivity index (χ4v) is 4.46. The van der Waals surface area contributed by atoms with Crippen molar-refractivity contribution in [1.29, 1.82) is 0 Å². The van der Waals surface area contributed by atoms with Gasteiger partial charge < -0.3 is 5.73 Å². The van der Waals surface area contributed by atoms with Crippen molar-refractivity contribution in [3.63, 3.8) is 0 Å². The first-order valence-electron chi connectivity index (χ1n) is 5.06. The molecule has 0 aromatic heterocycles. The summed E-state index contributed by atoms with van der Waals surface area (Å²) in [5.41, 5.74) is 6.46. The molecule has 3 nitrogen and oxygen atoms in total. The Kier molecular flexibility index (Phi) is 3.18. The summed E-state index contributed by atoms with van der Waals surface area (Å²) >= 11 is 10.8. The molecule has 0 saturated heterocycles. The second kappa shape index (κ2) is 4.23. The molecule has 2 rings (SSSR count). The van der Waals surface area contributed by atoms with E-state index in [4.69, 9.17) is 29.6 Å². The Balaban J connectivity index is 2.37. The number of rotatable bonds is 3. The van der Waals surface area contributed by atoms with Gasteiger partial charge in [-0.2, -0.15) is 0 Å². The highest BCUT2D eigenvalue weighted by molar-refractivity contribution is 7.91. The van der Waals surface area contributed by atoms with Crippen LogP contribution >= 0.6 is 23.8 Å². The summed E-state index contributed by atoms with van der Waals surface area (Å²) in [7, 11) is -3.14. The van der Waals surface area contributed by atoms with Gasteiger partial charge in [0.2, 0.25) is 0 Å². The molecule has 0 aliphatic heterocycles. The van der Waals surface area contributed by atoms with Crippen molar-refractivity contribution in [3.8, 4) is 0 Å². The van der Waals surface area contributed by atoms with Crippen molar-refractivity contribution in [2.24, 2.45) is 11.7 Å². The molecule has 1 aromatic rings. The topological polar surface area (TPSA) is 60.2 Å². The van der Waals surface area contributed by atoms with E-state index in [1.54, 1.807) is 18.2 Å². The van der Waals surface area contributed by atoms with Crippen molar-refractivity contribution in [2.45, 2.75) is 11.2 Å². The summed E-state index contributed by atoms with van der Waals surface area (Å²) in [6.07, 6.45) is 1.22. The lowest BCUT2D eigenvalue weighted by molar-refractivity contribution is 0.599. The van der Waals surface area contributed by atoms with Crippen molar-refractivity contribution in [2.75, 3.05) is 6.26 Å². The highest BCUT2D eigenvalue weighted by atomic mass is 35.5. The normalized spacial score (nSPS) is 27.8. The first kappa shape index (κ1) is 12.8. The lowest BCUT2D eigenvalue weighted by Gasteiger charge is -2.00. The lowest BCUT2D eigenvalue weighted by Crippen LogP contribution is -2.16. The van der Waals surface area contributed by atoms with E-state index in [1.165, 1.54) is 6.26 Å². The Morgan fingerprint density at radius 1 is 1.47 bits per heavy atom. The molecular weight excluding hydrogens is 278 g/mol. The van der Waals surface area contributed by atoms with Gasteiger partial charge in [0.05, 0.1) is 10.2 Å². The summed E-state index contributed by atoms with van der Waals surface area (Å²) in [6.45, 7) is 0. The minimum Gasteiger partial charge on any atom is -0.393 e. The van der Waals surface area contributed by atoms with E-state index in [-0.39, 0.29) is 16.8 Å². The summed E-state index contributed by atoms with van der Waals surface area (Å²) in [5, 5.41) is 0.0850. The molecule has 17 heavy (non-hydrogen) atoms. The molecule has 92 valence electrons. The van der Waals surface area contributed by atoms with Crippen molar-refractivity contribution >= 4 is 38.6 Å². The molecule has 1 fully saturated rings. The molecular formula is C11H12ClNO2S2. The predicted octanol–water partition coefficient (Wildman–Crippen LogP) is 1.75. The van der Waals surface area contributed by atoms with E-state index in [9.17, 15) is 8.42 Å². The molecule has 0 heterocycles. The van der Waals surface area contributed by atoms with Gasteiger partial charge in [-0.15, -0.1) is 0 Å². The maximum Gasteiger partial charge on any atom is 0.151 e. The van der Waals surface area contributed by atoms with Crippen LogP contribution < -0.4 is 5.73 Å². The van der Waals surface area contributed by atoms with Crippen LogP contribution in [-0.2, 0) is 9.84 Å². The van der Waals surface area contributed by atoms with Crippen molar-refractivity contribution in [3.05, 3.63) is 34.9 Å². The molecule has 0 amide bonds. The lowest BCUT2D eigenvalue weighted by atomic mass is 10.1. The number of hydrogen-bond donors (Lipinski definition) is 1. The Bertz CT molecular complexity index is 571. The van der Waals surface area contributed by atoms with Gasteiger partial charge in [0, 0.05) is 23.1 Å². The number of benzene rings is 1. The van der Waals surface area contributed by atoms with E-state index in [0.717, 1.165) is 5.56 Å². The number of hydrogen-bond acceptors (Lipinski definition) is 3. The van der Waals surface area contributed by atoms with Crippen LogP contribution in [0.4, 0.5) is 0 Å². The van der Waals surface area contributed by atoms with Crippen molar-refractivity contribution < 1.29 is 8.42 Å². The Morgan fingerprint density at radius 3 is 2.53 bits per heavy atom. The van der Waals surface area contributed by atoms with Gasteiger partial charge in [-0.25, -0.2) is 8.42 Å². The summed E-state index contributed by atoms with van der Waals surface area (Å²) < 4.78 is 23.3. The Morgan fingerprint density at radius 2 is 2.12 bits per heavy atom. The highest BCUT2D eigenvalue weighted by Gasteiger charge is 2.58. The van der Waals surface area contributed by atoms with Crippen LogP contribution in [0.5, 0.6) is 0 Å². The van der Waals surface area contributed by atoms with E-state index in [1.807, 2.05) is 6.07 Å². The zero-order chi connectivity index (χ0) is 12.8. The van der Waals surface area contributed by atoms with Gasteiger partial charge in [-0.1, -0.05) is 36.0 Å². The van der Waals surface area contributed by atoms with E-state index >= 15 is 0 Å². The smallest absolute Gasteiger partial charge is 0.151 e. The molecule has 0 unspecified atom stereocenters. The SMILES string of the molecule is CS(=O)(=O)[C@@H]1[C@H](C(N)=S)[C@H]1c1cccc(Cl)c1. The van der Waals surface area contributed by atoms with Crippen LogP contribution in [0.15, 0.2) is 24.3 Å². The predicted molar refractivity (Wildman–Crippen MR) is 73.1 cm³/mol. The average Bonchev–Trinajstić information content (AvgIpc) is 2.91. The molecule has 0 radical (unpaired) electrons. The monoisotopic (exact) mass is 289 g/mol. The molecule has 0 spiro atoms. The van der Waals surface area contributed by atoms with Gasteiger partial charge in [0.1, 0.15) is 0 Å². The molecule has 3 atom stereocenters. The quantitative estimate of drug-likeness (QED) is 0.861. The first-order chi connectivity index (χ1) is 7.82. The third kappa shape index (κ3) is 2.46. The molecule has 1 aromatic carbocycles. The zero-order valence-electron chi connectivity index (χ0n) is 9.13. The molecule has 0 bridgehead atoms. The number of sulfone groups is 1. The second-order valence-corrected chi connectivity index (χ2v) is 7.41. The van der Waals surface area contributed by atoms with Gasteiger partial charge in [-0.3, -0.25) is 0 Å². The van der Waals surface area contributed by atoms with Crippen LogP contribution in [0.1, 0.15) is 11.5 Å². The van der Waals surface area contributed by atoms with Crippen LogP contribution in [0.3, 0.4) is 0 Å². The summed E-state index contributed by atoms with van der Waals surface area (Å²) in [4.78, 5) is 0.255. The van der Waals surface area contributed by atoms with Gasteiger partial charge in [0.25, 0.3) is 0 Å². The molecule has 1 aliphatic rings. The second-order valence-electron chi connectivity index (χ2n) is 4.30. The molecule has 6 heteroatoms. The minimum absolute atomic E-state index is 0.152. The largest absolute Gasteiger partial charge is 0.393 e. The standard InChI is InChI=1S/C11H12ClNO2S2/c1-17(14,15)10-8(9(10)11(13)16)6-3-2-4-7(12)5-6/h2-5,8-10H,1H3,(H2,13,16)/t8-,9-,10+/m1/s1. The molecule has 1 aliphatic carbocycles. The maximum absolute atomic E-state index is 11.6. The van der Waals surface area contributed by atoms with E-state index < -0.39 is 15.1 Å². The van der Waals surface area contributed by atoms with Crippen LogP contribution in [0, 0.1) is 5.92 Å². The fourth-order valence-electron chi connectivity index (χ4n) is 2.27. The van der Waals surface area contributed by atoms with E-state index in [2.05, 4.69) is 0 Å². The number of nitrogens with two attached hydrogens (primary N) is 1. The third-order valence-electron chi connectivity index (χ3n) is 3.01. The Labute approximate surface area is 111 Å². The van der Waals surface area contributed by atoms with Crippen LogP contribution in [0.2, 0.25) is 5.02 Å². The third-order valence-corrected chi connectivity index (χ3v) is 5.09. The fraction of sp³-hybridized carbons (Fsp3) is 0.364. The summed E-state index contributed by atoms with van der Waals surface area (Å²) in [5.74, 6) is -0.417. The van der Waals surface area contributed by atoms with Gasteiger partial charge in [-0.05, 0) is 17.7 Å². The molecule has 2 N–H and O–H groups in total. The number of thiocarbonyl (C=S) groups is 1. The highest BCUT2D eigenvalue weighted by Crippen LogP contribution is 2.52. The first-order valence-corrected chi connectivity index (χ1v) is 7.80. The molecule has 1 saturated carbocycles. The average molecular weight is 290 g/mol. The zero-order valence-corrected chi connectivity index (χ0v) is 11.5. The van der Waals surface area contributed by atoms with E-state index in [0.29, 0.717) is 5.02 Å². The maximum atomic E-state index is 11.6. The van der Waals surface area contributed by atoms with Crippen LogP contribution in [-0.4, -0.2) is 24.9 Å². The summed E-state index contributed by atoms with van der Waals surface area (Å²) in [6, 6.07) is 7.17.